The van der Waals surface area contributed by atoms with E-state index in [4.69, 9.17) is 0 Å². The number of nitrogens with one attached hydrogen (secondary N) is 1. The Morgan fingerprint density at radius 2 is 1.93 bits per heavy atom. The molecule has 0 atom stereocenters. The van der Waals surface area contributed by atoms with Gasteiger partial charge in [0.15, 0.2) is 0 Å². The van der Waals surface area contributed by atoms with Crippen LogP contribution in [0.2, 0.25) is 0 Å². The molecule has 0 bridgehead atoms. The van der Waals surface area contributed by atoms with Crippen molar-refractivity contribution in [2.45, 2.75) is 19.4 Å². The lowest BCUT2D eigenvalue weighted by atomic mass is 10.0. The van der Waals surface area contributed by atoms with Gasteiger partial charge in [0.25, 0.3) is 5.91 Å². The van der Waals surface area contributed by atoms with E-state index in [1.54, 1.807) is 24.4 Å². The van der Waals surface area contributed by atoms with Gasteiger partial charge in [0, 0.05) is 30.5 Å². The van der Waals surface area contributed by atoms with Crippen LogP contribution in [0.4, 0.5) is 15.8 Å². The minimum absolute atomic E-state index is 0.141. The van der Waals surface area contributed by atoms with E-state index in [1.807, 2.05) is 18.2 Å². The van der Waals surface area contributed by atoms with Gasteiger partial charge in [-0.2, -0.15) is 0 Å². The van der Waals surface area contributed by atoms with Crippen LogP contribution >= 0.6 is 0 Å². The number of fused-ring (bicyclic) bond motifs is 1. The second-order valence-corrected chi connectivity index (χ2v) is 6.59. The fraction of sp³-hybridized carbons (Fsp3) is 0.182. The van der Waals surface area contributed by atoms with E-state index in [2.05, 4.69) is 27.3 Å². The Balaban J connectivity index is 1.53. The van der Waals surface area contributed by atoms with E-state index in [0.717, 1.165) is 30.8 Å². The molecule has 0 unspecified atom stereocenters. The fourth-order valence-corrected chi connectivity index (χ4v) is 3.42. The molecule has 4 nitrogen and oxygen atoms in total. The Kier molecular flexibility index (Phi) is 4.83. The number of halogens is 1. The van der Waals surface area contributed by atoms with Crippen molar-refractivity contribution in [3.05, 3.63) is 89.5 Å². The van der Waals surface area contributed by atoms with Crippen LogP contribution in [0.25, 0.3) is 0 Å². The molecule has 0 fully saturated rings. The third kappa shape index (κ3) is 3.67. The van der Waals surface area contributed by atoms with Gasteiger partial charge in [0.2, 0.25) is 0 Å². The normalized spacial score (nSPS) is 13.1. The molecular weight excluding hydrogens is 341 g/mol. The summed E-state index contributed by atoms with van der Waals surface area (Å²) in [5.74, 6) is -0.590. The highest BCUT2D eigenvalue weighted by Crippen LogP contribution is 2.33. The number of aryl methyl sites for hydroxylation is 1. The molecule has 0 spiro atoms. The standard InChI is InChI=1S/C22H20FN3O/c23-20-9-3-1-7-17(20)14-25-22(27)18-12-19(15-24-13-18)26-11-5-8-16-6-2-4-10-21(16)26/h1-4,6-7,9-10,12-13,15H,5,8,11,14H2,(H,25,27). The van der Waals surface area contributed by atoms with Crippen LogP contribution < -0.4 is 10.2 Å². The first-order valence-electron chi connectivity index (χ1n) is 9.04. The number of benzene rings is 2. The first kappa shape index (κ1) is 17.2. The van der Waals surface area contributed by atoms with Crippen LogP contribution in [0.5, 0.6) is 0 Å². The van der Waals surface area contributed by atoms with Crippen LogP contribution in [-0.4, -0.2) is 17.4 Å². The first-order chi connectivity index (χ1) is 13.2. The van der Waals surface area contributed by atoms with Gasteiger partial charge in [-0.05, 0) is 36.6 Å². The molecule has 4 rings (SSSR count). The number of pyridine rings is 1. The average Bonchev–Trinajstić information content (AvgIpc) is 2.72. The average molecular weight is 361 g/mol. The zero-order valence-corrected chi connectivity index (χ0v) is 14.9. The highest BCUT2D eigenvalue weighted by atomic mass is 19.1. The second kappa shape index (κ2) is 7.58. The number of aromatic nitrogens is 1. The number of rotatable bonds is 4. The van der Waals surface area contributed by atoms with E-state index in [9.17, 15) is 9.18 Å². The quantitative estimate of drug-likeness (QED) is 0.756. The summed E-state index contributed by atoms with van der Waals surface area (Å²) in [6, 6.07) is 16.6. The molecule has 3 aromatic rings. The minimum Gasteiger partial charge on any atom is -0.348 e. The van der Waals surface area contributed by atoms with E-state index >= 15 is 0 Å². The number of amides is 1. The molecule has 1 aliphatic heterocycles. The van der Waals surface area contributed by atoms with Crippen molar-refractivity contribution in [3.63, 3.8) is 0 Å². The number of anilines is 2. The highest BCUT2D eigenvalue weighted by Gasteiger charge is 2.19. The molecule has 27 heavy (non-hydrogen) atoms. The number of hydrogen-bond acceptors (Lipinski definition) is 3. The number of nitrogens with zero attached hydrogens (tertiary/aromatic N) is 2. The molecule has 2 heterocycles. The summed E-state index contributed by atoms with van der Waals surface area (Å²) in [4.78, 5) is 19.0. The van der Waals surface area contributed by atoms with Crippen molar-refractivity contribution >= 4 is 17.3 Å². The Morgan fingerprint density at radius 1 is 1.11 bits per heavy atom. The molecule has 1 aliphatic rings. The maximum Gasteiger partial charge on any atom is 0.253 e. The zero-order chi connectivity index (χ0) is 18.6. The number of para-hydroxylation sites is 1. The van der Waals surface area contributed by atoms with Crippen LogP contribution in [0, 0.1) is 5.82 Å². The topological polar surface area (TPSA) is 45.2 Å². The zero-order valence-electron chi connectivity index (χ0n) is 14.9. The van der Waals surface area contributed by atoms with Crippen LogP contribution in [0.1, 0.15) is 27.9 Å². The molecule has 0 saturated carbocycles. The van der Waals surface area contributed by atoms with E-state index in [0.29, 0.717) is 11.1 Å². The summed E-state index contributed by atoms with van der Waals surface area (Å²) in [6.45, 7) is 1.03. The number of hydrogen-bond donors (Lipinski definition) is 1. The van der Waals surface area contributed by atoms with Crippen molar-refractivity contribution in [2.24, 2.45) is 0 Å². The maximum absolute atomic E-state index is 13.7. The minimum atomic E-state index is -0.324. The van der Waals surface area contributed by atoms with Gasteiger partial charge in [-0.25, -0.2) is 4.39 Å². The van der Waals surface area contributed by atoms with Gasteiger partial charge in [-0.3, -0.25) is 9.78 Å². The molecule has 5 heteroatoms. The molecule has 0 radical (unpaired) electrons. The second-order valence-electron chi connectivity index (χ2n) is 6.59. The lowest BCUT2D eigenvalue weighted by Gasteiger charge is -2.31. The summed E-state index contributed by atoms with van der Waals surface area (Å²) >= 11 is 0. The van der Waals surface area contributed by atoms with Gasteiger partial charge in [0.05, 0.1) is 17.4 Å². The molecule has 1 N–H and O–H groups in total. The third-order valence-corrected chi connectivity index (χ3v) is 4.81. The largest absolute Gasteiger partial charge is 0.348 e. The van der Waals surface area contributed by atoms with Gasteiger partial charge in [-0.1, -0.05) is 36.4 Å². The predicted octanol–water partition coefficient (Wildman–Crippen LogP) is 4.24. The number of carbonyl (C=O) groups excluding carboxylic acids is 1. The molecule has 1 aromatic heterocycles. The lowest BCUT2D eigenvalue weighted by Crippen LogP contribution is -2.26. The Hall–Kier alpha value is -3.21. The van der Waals surface area contributed by atoms with Crippen molar-refractivity contribution in [1.29, 1.82) is 0 Å². The van der Waals surface area contributed by atoms with Crippen molar-refractivity contribution in [2.75, 3.05) is 11.4 Å². The Morgan fingerprint density at radius 3 is 2.81 bits per heavy atom. The van der Waals surface area contributed by atoms with E-state index in [-0.39, 0.29) is 18.3 Å². The van der Waals surface area contributed by atoms with Crippen molar-refractivity contribution < 1.29 is 9.18 Å². The molecule has 0 aliphatic carbocycles. The smallest absolute Gasteiger partial charge is 0.253 e. The summed E-state index contributed by atoms with van der Waals surface area (Å²) in [7, 11) is 0. The molecule has 2 aromatic carbocycles. The lowest BCUT2D eigenvalue weighted by molar-refractivity contribution is 0.0950. The maximum atomic E-state index is 13.7. The Bertz CT molecular complexity index is 973. The Labute approximate surface area is 157 Å². The fourth-order valence-electron chi connectivity index (χ4n) is 3.42. The first-order valence-corrected chi connectivity index (χ1v) is 9.04. The van der Waals surface area contributed by atoms with E-state index < -0.39 is 0 Å². The van der Waals surface area contributed by atoms with Gasteiger partial charge in [-0.15, -0.1) is 0 Å². The van der Waals surface area contributed by atoms with Gasteiger partial charge in [0.1, 0.15) is 5.82 Å². The van der Waals surface area contributed by atoms with E-state index in [1.165, 1.54) is 17.8 Å². The monoisotopic (exact) mass is 361 g/mol. The summed E-state index contributed by atoms with van der Waals surface area (Å²) in [5, 5.41) is 2.77. The highest BCUT2D eigenvalue weighted by molar-refractivity contribution is 5.95. The van der Waals surface area contributed by atoms with Gasteiger partial charge >= 0.3 is 0 Å². The predicted molar refractivity (Wildman–Crippen MR) is 104 cm³/mol. The molecular formula is C22H20FN3O. The van der Waals surface area contributed by atoms with Crippen molar-refractivity contribution in [3.8, 4) is 0 Å². The van der Waals surface area contributed by atoms with Crippen LogP contribution in [-0.2, 0) is 13.0 Å². The third-order valence-electron chi connectivity index (χ3n) is 4.81. The molecule has 0 saturated heterocycles. The van der Waals surface area contributed by atoms with Crippen LogP contribution in [0.3, 0.4) is 0 Å². The molecule has 1 amide bonds. The SMILES string of the molecule is O=C(NCc1ccccc1F)c1cncc(N2CCCc3ccccc32)c1. The summed E-state index contributed by atoms with van der Waals surface area (Å²) < 4.78 is 13.7. The van der Waals surface area contributed by atoms with Crippen LogP contribution in [0.15, 0.2) is 67.0 Å². The van der Waals surface area contributed by atoms with Gasteiger partial charge < -0.3 is 10.2 Å². The summed E-state index contributed by atoms with van der Waals surface area (Å²) in [5.41, 5.74) is 4.28. The summed E-state index contributed by atoms with van der Waals surface area (Å²) in [6.07, 6.45) is 5.43. The molecule has 136 valence electrons. The number of carbonyl (C=O) groups is 1. The van der Waals surface area contributed by atoms with Crippen molar-refractivity contribution in [1.82, 2.24) is 10.3 Å².